The fourth-order valence-electron chi connectivity index (χ4n) is 1.43. The summed E-state index contributed by atoms with van der Waals surface area (Å²) in [4.78, 5) is 0. The first-order chi connectivity index (χ1) is 7.87. The Balaban J connectivity index is 2.31. The zero-order chi connectivity index (χ0) is 12.9. The van der Waals surface area contributed by atoms with Crippen molar-refractivity contribution >= 4 is 11.6 Å². The first-order valence-electron chi connectivity index (χ1n) is 5.93. The van der Waals surface area contributed by atoms with Crippen molar-refractivity contribution in [3.8, 4) is 5.75 Å². The van der Waals surface area contributed by atoms with E-state index in [9.17, 15) is 5.11 Å². The fraction of sp³-hybridized carbons (Fsp3) is 0.571. The van der Waals surface area contributed by atoms with E-state index >= 15 is 0 Å². The molecule has 0 radical (unpaired) electrons. The van der Waals surface area contributed by atoms with Crippen LogP contribution in [0, 0.1) is 5.41 Å². The molecule has 0 amide bonds. The lowest BCUT2D eigenvalue weighted by Crippen LogP contribution is -2.20. The third-order valence-electron chi connectivity index (χ3n) is 2.47. The van der Waals surface area contributed by atoms with Gasteiger partial charge in [0, 0.05) is 5.02 Å². The first-order valence-corrected chi connectivity index (χ1v) is 6.31. The molecule has 0 aromatic heterocycles. The third-order valence-corrected chi connectivity index (χ3v) is 2.70. The highest BCUT2D eigenvalue weighted by atomic mass is 35.5. The molecule has 0 aliphatic rings. The zero-order valence-corrected chi connectivity index (χ0v) is 11.5. The van der Waals surface area contributed by atoms with E-state index in [1.807, 2.05) is 12.1 Å². The second-order valence-corrected chi connectivity index (χ2v) is 5.96. The third kappa shape index (κ3) is 6.54. The predicted octanol–water partition coefficient (Wildman–Crippen LogP) is 3.91. The Morgan fingerprint density at radius 1 is 1.35 bits per heavy atom. The monoisotopic (exact) mass is 256 g/mol. The van der Waals surface area contributed by atoms with Crippen molar-refractivity contribution in [1.82, 2.24) is 0 Å². The summed E-state index contributed by atoms with van der Waals surface area (Å²) in [6.07, 6.45) is 1.31. The number of rotatable bonds is 5. The second-order valence-electron chi connectivity index (χ2n) is 5.52. The highest BCUT2D eigenvalue weighted by molar-refractivity contribution is 6.30. The molecule has 1 rings (SSSR count). The highest BCUT2D eigenvalue weighted by Gasteiger charge is 2.13. The number of hydrogen-bond donors (Lipinski definition) is 1. The minimum absolute atomic E-state index is 0.247. The average molecular weight is 257 g/mol. The van der Waals surface area contributed by atoms with Gasteiger partial charge in [-0.15, -0.1) is 0 Å². The zero-order valence-electron chi connectivity index (χ0n) is 10.7. The van der Waals surface area contributed by atoms with E-state index in [1.54, 1.807) is 12.1 Å². The molecule has 0 aliphatic heterocycles. The molecule has 0 bridgehead atoms. The van der Waals surface area contributed by atoms with E-state index in [0.717, 1.165) is 12.8 Å². The summed E-state index contributed by atoms with van der Waals surface area (Å²) in [5.41, 5.74) is 0.247. The van der Waals surface area contributed by atoms with Gasteiger partial charge in [0.25, 0.3) is 0 Å². The van der Waals surface area contributed by atoms with Crippen LogP contribution in [-0.4, -0.2) is 17.8 Å². The number of halogens is 1. The molecule has 2 nitrogen and oxygen atoms in total. The number of aliphatic hydroxyl groups excluding tert-OH is 1. The molecule has 96 valence electrons. The van der Waals surface area contributed by atoms with Gasteiger partial charge in [0.2, 0.25) is 0 Å². The lowest BCUT2D eigenvalue weighted by Gasteiger charge is -2.20. The molecule has 1 unspecified atom stereocenters. The van der Waals surface area contributed by atoms with Crippen molar-refractivity contribution in [3.63, 3.8) is 0 Å². The van der Waals surface area contributed by atoms with Gasteiger partial charge in [-0.2, -0.15) is 0 Å². The summed E-state index contributed by atoms with van der Waals surface area (Å²) < 4.78 is 5.48. The Hall–Kier alpha value is -0.730. The Morgan fingerprint density at radius 3 is 2.65 bits per heavy atom. The van der Waals surface area contributed by atoms with E-state index in [2.05, 4.69) is 20.8 Å². The Bertz CT molecular complexity index is 344. The van der Waals surface area contributed by atoms with Crippen LogP contribution in [0.1, 0.15) is 33.6 Å². The Labute approximate surface area is 109 Å². The second kappa shape index (κ2) is 6.27. The minimum atomic E-state index is -0.423. The van der Waals surface area contributed by atoms with Gasteiger partial charge in [0.1, 0.15) is 12.4 Å². The number of aliphatic hydroxyl groups is 1. The topological polar surface area (TPSA) is 29.5 Å². The summed E-state index contributed by atoms with van der Waals surface area (Å²) in [5, 5.41) is 10.4. The van der Waals surface area contributed by atoms with Gasteiger partial charge < -0.3 is 9.84 Å². The van der Waals surface area contributed by atoms with Crippen molar-refractivity contribution in [2.75, 3.05) is 6.61 Å². The summed E-state index contributed by atoms with van der Waals surface area (Å²) in [6.45, 7) is 6.81. The van der Waals surface area contributed by atoms with Crippen LogP contribution >= 0.6 is 11.6 Å². The number of ether oxygens (including phenoxy) is 1. The smallest absolute Gasteiger partial charge is 0.120 e. The molecule has 0 aliphatic carbocycles. The van der Waals surface area contributed by atoms with E-state index in [-0.39, 0.29) is 5.41 Å². The van der Waals surface area contributed by atoms with Crippen molar-refractivity contribution in [3.05, 3.63) is 29.3 Å². The van der Waals surface area contributed by atoms with E-state index in [4.69, 9.17) is 16.3 Å². The van der Waals surface area contributed by atoms with Gasteiger partial charge in [0.05, 0.1) is 6.10 Å². The van der Waals surface area contributed by atoms with Gasteiger partial charge in [-0.1, -0.05) is 38.4 Å². The molecule has 0 fully saturated rings. The van der Waals surface area contributed by atoms with Crippen LogP contribution in [0.25, 0.3) is 0 Å². The van der Waals surface area contributed by atoms with Crippen LogP contribution in [0.3, 0.4) is 0 Å². The van der Waals surface area contributed by atoms with Crippen molar-refractivity contribution in [1.29, 1.82) is 0 Å². The maximum atomic E-state index is 9.79. The first kappa shape index (κ1) is 14.3. The van der Waals surface area contributed by atoms with Crippen molar-refractivity contribution < 1.29 is 9.84 Å². The average Bonchev–Trinajstić information content (AvgIpc) is 2.23. The Morgan fingerprint density at radius 2 is 2.06 bits per heavy atom. The molecular weight excluding hydrogens is 236 g/mol. The fourth-order valence-corrected chi connectivity index (χ4v) is 1.61. The molecular formula is C14H21ClO2. The van der Waals surface area contributed by atoms with Gasteiger partial charge in [0.15, 0.2) is 0 Å². The van der Waals surface area contributed by atoms with Crippen LogP contribution in [0.4, 0.5) is 0 Å². The summed E-state index contributed by atoms with van der Waals surface area (Å²) in [6, 6.07) is 7.21. The predicted molar refractivity (Wildman–Crippen MR) is 71.6 cm³/mol. The normalized spacial score (nSPS) is 13.5. The van der Waals surface area contributed by atoms with Crippen LogP contribution in [0.5, 0.6) is 5.75 Å². The van der Waals surface area contributed by atoms with Crippen LogP contribution in [0.2, 0.25) is 5.02 Å². The quantitative estimate of drug-likeness (QED) is 0.866. The van der Waals surface area contributed by atoms with Gasteiger partial charge >= 0.3 is 0 Å². The molecule has 0 spiro atoms. The largest absolute Gasteiger partial charge is 0.491 e. The highest BCUT2D eigenvalue weighted by Crippen LogP contribution is 2.22. The summed E-state index contributed by atoms with van der Waals surface area (Å²) >= 11 is 5.84. The van der Waals surface area contributed by atoms with Crippen molar-refractivity contribution in [2.24, 2.45) is 5.41 Å². The number of hydrogen-bond acceptors (Lipinski definition) is 2. The van der Waals surface area contributed by atoms with Gasteiger partial charge in [-0.05, 0) is 36.5 Å². The van der Waals surface area contributed by atoms with Gasteiger partial charge in [-0.25, -0.2) is 0 Å². The molecule has 17 heavy (non-hydrogen) atoms. The molecule has 1 aromatic rings. The van der Waals surface area contributed by atoms with Gasteiger partial charge in [-0.3, -0.25) is 0 Å². The van der Waals surface area contributed by atoms with E-state index in [0.29, 0.717) is 17.4 Å². The molecule has 1 aromatic carbocycles. The van der Waals surface area contributed by atoms with Crippen LogP contribution in [0.15, 0.2) is 24.3 Å². The summed E-state index contributed by atoms with van der Waals surface area (Å²) in [5.74, 6) is 0.701. The molecule has 0 saturated heterocycles. The maximum Gasteiger partial charge on any atom is 0.120 e. The summed E-state index contributed by atoms with van der Waals surface area (Å²) in [7, 11) is 0. The SMILES string of the molecule is CC(C)(C)CCC(O)COc1cccc(Cl)c1. The molecule has 1 N–H and O–H groups in total. The van der Waals surface area contributed by atoms with E-state index < -0.39 is 6.10 Å². The molecule has 1 atom stereocenters. The minimum Gasteiger partial charge on any atom is -0.491 e. The molecule has 0 heterocycles. The molecule has 3 heteroatoms. The lowest BCUT2D eigenvalue weighted by atomic mass is 9.89. The maximum absolute atomic E-state index is 9.79. The number of benzene rings is 1. The Kier molecular flexibility index (Phi) is 5.29. The van der Waals surface area contributed by atoms with Crippen LogP contribution < -0.4 is 4.74 Å². The lowest BCUT2D eigenvalue weighted by molar-refractivity contribution is 0.0889. The standard InChI is InChI=1S/C14H21ClO2/c1-14(2,3)8-7-12(16)10-17-13-6-4-5-11(15)9-13/h4-6,9,12,16H,7-8,10H2,1-3H3. The van der Waals surface area contributed by atoms with E-state index in [1.165, 1.54) is 0 Å². The molecule has 0 saturated carbocycles. The van der Waals surface area contributed by atoms with Crippen molar-refractivity contribution in [2.45, 2.75) is 39.7 Å². The van der Waals surface area contributed by atoms with Crippen LogP contribution in [-0.2, 0) is 0 Å².